The first-order valence-electron chi connectivity index (χ1n) is 7.37. The fourth-order valence-electron chi connectivity index (χ4n) is 3.82. The molecule has 0 saturated carbocycles. The van der Waals surface area contributed by atoms with Crippen LogP contribution in [0.1, 0.15) is 44.7 Å². The molecule has 1 aromatic rings. The largest absolute Gasteiger partial charge is 0.295 e. The Kier molecular flexibility index (Phi) is 2.97. The second-order valence-corrected chi connectivity index (χ2v) is 7.10. The second kappa shape index (κ2) is 4.38. The molecule has 1 saturated heterocycles. The highest BCUT2D eigenvalue weighted by molar-refractivity contribution is 5.30. The van der Waals surface area contributed by atoms with Crippen LogP contribution in [0.2, 0.25) is 0 Å². The third-order valence-electron chi connectivity index (χ3n) is 4.75. The quantitative estimate of drug-likeness (QED) is 0.672. The molecular weight excluding hydrogens is 218 g/mol. The molecule has 2 heterocycles. The topological polar surface area (TPSA) is 3.24 Å². The van der Waals surface area contributed by atoms with Gasteiger partial charge in [0.25, 0.3) is 0 Å². The predicted molar refractivity (Wildman–Crippen MR) is 76.8 cm³/mol. The summed E-state index contributed by atoms with van der Waals surface area (Å²) in [4.78, 5) is 2.76. The Hall–Kier alpha value is -0.820. The number of benzene rings is 1. The molecule has 0 aromatic heterocycles. The van der Waals surface area contributed by atoms with Crippen LogP contribution < -0.4 is 0 Å². The minimum absolute atomic E-state index is 0.315. The van der Waals surface area contributed by atoms with Gasteiger partial charge in [-0.05, 0) is 63.5 Å². The molecule has 18 heavy (non-hydrogen) atoms. The van der Waals surface area contributed by atoms with Crippen LogP contribution in [-0.4, -0.2) is 23.0 Å². The van der Waals surface area contributed by atoms with Crippen molar-refractivity contribution >= 4 is 0 Å². The van der Waals surface area contributed by atoms with Crippen molar-refractivity contribution in [1.82, 2.24) is 4.90 Å². The summed E-state index contributed by atoms with van der Waals surface area (Å²) in [5, 5.41) is 0. The van der Waals surface area contributed by atoms with Crippen LogP contribution in [0, 0.1) is 5.92 Å². The molecule has 0 radical (unpaired) electrons. The minimum atomic E-state index is 0.315. The van der Waals surface area contributed by atoms with Gasteiger partial charge in [-0.2, -0.15) is 0 Å². The highest BCUT2D eigenvalue weighted by atomic mass is 15.2. The Morgan fingerprint density at radius 2 is 1.67 bits per heavy atom. The summed E-state index contributed by atoms with van der Waals surface area (Å²) >= 11 is 0. The van der Waals surface area contributed by atoms with E-state index in [9.17, 15) is 0 Å². The zero-order valence-electron chi connectivity index (χ0n) is 11.9. The Morgan fingerprint density at radius 1 is 1.00 bits per heavy atom. The summed E-state index contributed by atoms with van der Waals surface area (Å²) in [7, 11) is 0. The lowest BCUT2D eigenvalue weighted by Crippen LogP contribution is -2.55. The Labute approximate surface area is 111 Å². The molecule has 1 fully saturated rings. The molecule has 1 nitrogen and oxygen atoms in total. The van der Waals surface area contributed by atoms with E-state index in [4.69, 9.17) is 0 Å². The standard InChI is InChI=1S/C17H25N/c1-17(2,3)18-12-13-8-9-16(18)11-15-7-5-4-6-14(15)10-13/h4-7,13,16H,8-12H2,1-3H3/t13-,16+/m0/s1. The normalized spacial score (nSPS) is 28.6. The van der Waals surface area contributed by atoms with Gasteiger partial charge in [0.1, 0.15) is 0 Å². The fraction of sp³-hybridized carbons (Fsp3) is 0.647. The van der Waals surface area contributed by atoms with Crippen LogP contribution >= 0.6 is 0 Å². The van der Waals surface area contributed by atoms with Gasteiger partial charge in [-0.15, -0.1) is 0 Å². The number of hydrogen-bond donors (Lipinski definition) is 0. The molecule has 2 atom stereocenters. The smallest absolute Gasteiger partial charge is 0.0141 e. The summed E-state index contributed by atoms with van der Waals surface area (Å²) in [5.41, 5.74) is 3.53. The van der Waals surface area contributed by atoms with Gasteiger partial charge < -0.3 is 0 Å². The molecule has 1 heteroatoms. The van der Waals surface area contributed by atoms with E-state index in [0.29, 0.717) is 5.54 Å². The van der Waals surface area contributed by atoms with E-state index in [-0.39, 0.29) is 0 Å². The van der Waals surface area contributed by atoms with Gasteiger partial charge in [0.2, 0.25) is 0 Å². The summed E-state index contributed by atoms with van der Waals surface area (Å²) < 4.78 is 0. The summed E-state index contributed by atoms with van der Waals surface area (Å²) in [5.74, 6) is 0.863. The molecular formula is C17H25N. The third-order valence-corrected chi connectivity index (χ3v) is 4.75. The number of rotatable bonds is 0. The van der Waals surface area contributed by atoms with Gasteiger partial charge in [-0.25, -0.2) is 0 Å². The van der Waals surface area contributed by atoms with Crippen molar-refractivity contribution in [2.75, 3.05) is 6.54 Å². The maximum Gasteiger partial charge on any atom is 0.0141 e. The molecule has 98 valence electrons. The molecule has 2 bridgehead atoms. The van der Waals surface area contributed by atoms with Crippen LogP contribution in [0.5, 0.6) is 0 Å². The summed E-state index contributed by atoms with van der Waals surface area (Å²) in [6, 6.07) is 9.85. The average molecular weight is 243 g/mol. The number of piperidine rings is 1. The number of nitrogens with zero attached hydrogens (tertiary/aromatic N) is 1. The van der Waals surface area contributed by atoms with Crippen molar-refractivity contribution < 1.29 is 0 Å². The van der Waals surface area contributed by atoms with Gasteiger partial charge in [0.15, 0.2) is 0 Å². The van der Waals surface area contributed by atoms with Crippen LogP contribution in [0.25, 0.3) is 0 Å². The van der Waals surface area contributed by atoms with E-state index < -0.39 is 0 Å². The van der Waals surface area contributed by atoms with Crippen molar-refractivity contribution in [1.29, 1.82) is 0 Å². The zero-order valence-corrected chi connectivity index (χ0v) is 11.9. The van der Waals surface area contributed by atoms with Crippen LogP contribution in [0.4, 0.5) is 0 Å². The Balaban J connectivity index is 1.95. The minimum Gasteiger partial charge on any atom is -0.295 e. The maximum atomic E-state index is 2.76. The molecule has 1 aromatic carbocycles. The van der Waals surface area contributed by atoms with Gasteiger partial charge in [-0.3, -0.25) is 4.90 Å². The number of fused-ring (bicyclic) bond motifs is 2. The van der Waals surface area contributed by atoms with Crippen LogP contribution in [0.3, 0.4) is 0 Å². The number of hydrogen-bond acceptors (Lipinski definition) is 1. The zero-order chi connectivity index (χ0) is 12.8. The molecule has 4 rings (SSSR count). The Bertz CT molecular complexity index is 429. The third kappa shape index (κ3) is 2.21. The molecule has 3 aliphatic rings. The van der Waals surface area contributed by atoms with Gasteiger partial charge in [0, 0.05) is 18.1 Å². The van der Waals surface area contributed by atoms with E-state index in [1.807, 2.05) is 0 Å². The highest BCUT2D eigenvalue weighted by Gasteiger charge is 2.36. The molecule has 0 spiro atoms. The van der Waals surface area contributed by atoms with Crippen molar-refractivity contribution in [3.8, 4) is 0 Å². The van der Waals surface area contributed by atoms with E-state index in [2.05, 4.69) is 49.9 Å². The lowest BCUT2D eigenvalue weighted by Gasteiger charge is -2.49. The molecule has 2 aliphatic heterocycles. The van der Waals surface area contributed by atoms with Crippen LogP contribution in [0.15, 0.2) is 24.3 Å². The maximum absolute atomic E-state index is 2.76. The van der Waals surface area contributed by atoms with Crippen molar-refractivity contribution in [3.63, 3.8) is 0 Å². The average Bonchev–Trinajstić information content (AvgIpc) is 2.26. The lowest BCUT2D eigenvalue weighted by atomic mass is 9.78. The predicted octanol–water partition coefficient (Wildman–Crippen LogP) is 3.66. The summed E-state index contributed by atoms with van der Waals surface area (Å²) in [6.07, 6.45) is 5.34. The van der Waals surface area contributed by atoms with Crippen molar-refractivity contribution in [2.24, 2.45) is 5.92 Å². The SMILES string of the molecule is CC(C)(C)N1C[C@H]2CC[C@@H]1Cc1ccccc1C2. The first-order chi connectivity index (χ1) is 8.54. The van der Waals surface area contributed by atoms with E-state index in [1.165, 1.54) is 32.2 Å². The molecule has 0 N–H and O–H groups in total. The highest BCUT2D eigenvalue weighted by Crippen LogP contribution is 2.35. The summed E-state index contributed by atoms with van der Waals surface area (Å²) in [6.45, 7) is 8.41. The lowest BCUT2D eigenvalue weighted by molar-refractivity contribution is 0.0216. The Morgan fingerprint density at radius 3 is 2.33 bits per heavy atom. The fourth-order valence-corrected chi connectivity index (χ4v) is 3.82. The molecule has 1 aliphatic carbocycles. The van der Waals surface area contributed by atoms with E-state index >= 15 is 0 Å². The first kappa shape index (κ1) is 12.2. The second-order valence-electron chi connectivity index (χ2n) is 7.10. The van der Waals surface area contributed by atoms with Gasteiger partial charge >= 0.3 is 0 Å². The van der Waals surface area contributed by atoms with E-state index in [1.54, 1.807) is 11.1 Å². The van der Waals surface area contributed by atoms with Crippen molar-refractivity contribution in [2.45, 2.75) is 58.0 Å². The van der Waals surface area contributed by atoms with Crippen molar-refractivity contribution in [3.05, 3.63) is 35.4 Å². The molecule has 0 unspecified atom stereocenters. The van der Waals surface area contributed by atoms with Gasteiger partial charge in [-0.1, -0.05) is 24.3 Å². The monoisotopic (exact) mass is 243 g/mol. The van der Waals surface area contributed by atoms with E-state index in [0.717, 1.165) is 12.0 Å². The van der Waals surface area contributed by atoms with Gasteiger partial charge in [0.05, 0.1) is 0 Å². The van der Waals surface area contributed by atoms with Crippen LogP contribution in [-0.2, 0) is 12.8 Å². The first-order valence-corrected chi connectivity index (χ1v) is 7.37. The molecule has 0 amide bonds.